The molecule has 2 aromatic carbocycles. The SMILES string of the molecule is CC(C)CC(=O)Nc1ccc(-c2ccc(O)c3c2CC2CC4C(N(C)C)C(=O)C(C(N)=O)C(=O)C4(O)C(=O)C2C3=O)cc1. The lowest BCUT2D eigenvalue weighted by Crippen LogP contribution is -2.74. The van der Waals surface area contributed by atoms with Gasteiger partial charge in [0.05, 0.1) is 17.5 Å². The number of hydrogen-bond donors (Lipinski definition) is 4. The zero-order valence-corrected chi connectivity index (χ0v) is 24.4. The van der Waals surface area contributed by atoms with Crippen molar-refractivity contribution < 1.29 is 39.0 Å². The largest absolute Gasteiger partial charge is 0.507 e. The maximum absolute atomic E-state index is 14.0. The minimum Gasteiger partial charge on any atom is -0.507 e. The number of ketones is 4. The Kier molecular flexibility index (Phi) is 7.60. The molecule has 2 saturated carbocycles. The highest BCUT2D eigenvalue weighted by Crippen LogP contribution is 2.51. The molecule has 2 aromatic rings. The van der Waals surface area contributed by atoms with Crippen molar-refractivity contribution in [2.45, 2.75) is 44.8 Å². The predicted octanol–water partition coefficient (Wildman–Crippen LogP) is 1.52. The maximum Gasteiger partial charge on any atom is 0.235 e. The molecule has 226 valence electrons. The summed E-state index contributed by atoms with van der Waals surface area (Å²) in [5.74, 6) is -10.8. The molecule has 2 amide bonds. The molecule has 2 fully saturated rings. The quantitative estimate of drug-likeness (QED) is 0.363. The van der Waals surface area contributed by atoms with E-state index in [1.165, 1.54) is 11.0 Å². The molecule has 0 bridgehead atoms. The third-order valence-corrected chi connectivity index (χ3v) is 9.02. The van der Waals surface area contributed by atoms with Crippen molar-refractivity contribution in [3.8, 4) is 16.9 Å². The third-order valence-electron chi connectivity index (χ3n) is 9.02. The van der Waals surface area contributed by atoms with Gasteiger partial charge in [0.15, 0.2) is 34.7 Å². The minimum absolute atomic E-state index is 0.0280. The van der Waals surface area contributed by atoms with E-state index in [4.69, 9.17) is 5.73 Å². The molecule has 3 aliphatic carbocycles. The predicted molar refractivity (Wildman–Crippen MR) is 155 cm³/mol. The summed E-state index contributed by atoms with van der Waals surface area (Å²) in [5, 5.41) is 25.3. The highest BCUT2D eigenvalue weighted by atomic mass is 16.3. The molecule has 0 heterocycles. The fraction of sp³-hybridized carbons (Fsp3) is 0.438. The minimum atomic E-state index is -2.76. The highest BCUT2D eigenvalue weighted by Gasteiger charge is 2.69. The molecule has 0 radical (unpaired) electrons. The van der Waals surface area contributed by atoms with Crippen LogP contribution in [0.25, 0.3) is 11.1 Å². The molecule has 43 heavy (non-hydrogen) atoms. The van der Waals surface area contributed by atoms with Gasteiger partial charge in [0.1, 0.15) is 5.75 Å². The number of phenolic OH excluding ortho intramolecular Hbond substituents is 1. The van der Waals surface area contributed by atoms with Gasteiger partial charge in [-0.2, -0.15) is 0 Å². The van der Waals surface area contributed by atoms with Gasteiger partial charge < -0.3 is 21.3 Å². The summed E-state index contributed by atoms with van der Waals surface area (Å²) in [6.45, 7) is 3.90. The number of anilines is 1. The first kappa shape index (κ1) is 30.2. The molecule has 3 aliphatic rings. The Hall–Kier alpha value is -4.22. The van der Waals surface area contributed by atoms with Crippen LogP contribution >= 0.6 is 0 Å². The van der Waals surface area contributed by atoms with Crippen molar-refractivity contribution >= 4 is 40.6 Å². The van der Waals surface area contributed by atoms with E-state index < -0.39 is 64.4 Å². The average molecular weight is 590 g/mol. The van der Waals surface area contributed by atoms with Gasteiger partial charge in [0, 0.05) is 18.0 Å². The number of nitrogens with zero attached hydrogens (tertiary/aromatic N) is 1. The highest BCUT2D eigenvalue weighted by molar-refractivity contribution is 6.32. The summed E-state index contributed by atoms with van der Waals surface area (Å²) >= 11 is 0. The first-order valence-corrected chi connectivity index (χ1v) is 14.3. The maximum atomic E-state index is 14.0. The lowest BCUT2D eigenvalue weighted by atomic mass is 9.52. The Labute approximate surface area is 248 Å². The van der Waals surface area contributed by atoms with E-state index in [1.807, 2.05) is 13.8 Å². The number of benzene rings is 2. The number of fused-ring (bicyclic) bond motifs is 3. The fourth-order valence-electron chi connectivity index (χ4n) is 7.19. The fourth-order valence-corrected chi connectivity index (χ4v) is 7.19. The molecule has 0 aromatic heterocycles. The van der Waals surface area contributed by atoms with Crippen LogP contribution in [-0.2, 0) is 30.4 Å². The summed E-state index contributed by atoms with van der Waals surface area (Å²) in [6, 6.07) is 8.89. The number of carbonyl (C=O) groups excluding carboxylic acids is 6. The van der Waals surface area contributed by atoms with Crippen LogP contribution in [0.15, 0.2) is 36.4 Å². The number of hydrogen-bond acceptors (Lipinski definition) is 9. The number of nitrogens with two attached hydrogens (primary N) is 1. The second-order valence-corrected chi connectivity index (χ2v) is 12.5. The number of phenols is 1. The van der Waals surface area contributed by atoms with Crippen LogP contribution in [0.3, 0.4) is 0 Å². The third kappa shape index (κ3) is 4.76. The van der Waals surface area contributed by atoms with Gasteiger partial charge in [-0.3, -0.25) is 33.7 Å². The van der Waals surface area contributed by atoms with Crippen molar-refractivity contribution in [1.29, 1.82) is 0 Å². The summed E-state index contributed by atoms with van der Waals surface area (Å²) < 4.78 is 0. The molecule has 5 rings (SSSR count). The van der Waals surface area contributed by atoms with Crippen molar-refractivity contribution in [2.75, 3.05) is 19.4 Å². The number of likely N-dealkylation sites (N-methyl/N-ethyl adjacent to an activating group) is 1. The van der Waals surface area contributed by atoms with Crippen molar-refractivity contribution in [3.63, 3.8) is 0 Å². The van der Waals surface area contributed by atoms with Crippen LogP contribution in [-0.4, -0.2) is 75.8 Å². The van der Waals surface area contributed by atoms with Crippen molar-refractivity contribution in [1.82, 2.24) is 4.90 Å². The van der Waals surface area contributed by atoms with E-state index in [0.717, 1.165) is 0 Å². The second-order valence-electron chi connectivity index (χ2n) is 12.5. The van der Waals surface area contributed by atoms with E-state index in [1.54, 1.807) is 44.4 Å². The van der Waals surface area contributed by atoms with Crippen molar-refractivity contribution in [2.24, 2.45) is 35.3 Å². The number of aliphatic hydroxyl groups is 1. The van der Waals surface area contributed by atoms with Crippen LogP contribution in [0.4, 0.5) is 5.69 Å². The normalized spacial score (nSPS) is 28.4. The number of primary amides is 1. The van der Waals surface area contributed by atoms with Gasteiger partial charge in [0.25, 0.3) is 0 Å². The van der Waals surface area contributed by atoms with Crippen LogP contribution in [0, 0.1) is 29.6 Å². The summed E-state index contributed by atoms with van der Waals surface area (Å²) in [5.41, 5.74) is 4.98. The lowest BCUT2D eigenvalue weighted by molar-refractivity contribution is -0.181. The number of aromatic hydroxyl groups is 1. The summed E-state index contributed by atoms with van der Waals surface area (Å²) in [7, 11) is 3.08. The number of carbonyl (C=O) groups is 6. The first-order valence-electron chi connectivity index (χ1n) is 14.3. The smallest absolute Gasteiger partial charge is 0.235 e. The van der Waals surface area contributed by atoms with E-state index in [9.17, 15) is 39.0 Å². The molecule has 11 heteroatoms. The summed E-state index contributed by atoms with van der Waals surface area (Å²) in [6.07, 6.45) is 0.504. The zero-order valence-electron chi connectivity index (χ0n) is 24.4. The molecule has 0 aliphatic heterocycles. The molecule has 5 N–H and O–H groups in total. The van der Waals surface area contributed by atoms with Gasteiger partial charge >= 0.3 is 0 Å². The molecule has 6 unspecified atom stereocenters. The van der Waals surface area contributed by atoms with E-state index in [-0.39, 0.29) is 36.0 Å². The second kappa shape index (κ2) is 10.8. The monoisotopic (exact) mass is 589 g/mol. The van der Waals surface area contributed by atoms with E-state index in [0.29, 0.717) is 28.8 Å². The Morgan fingerprint density at radius 2 is 1.70 bits per heavy atom. The standard InChI is InChI=1S/C32H35N3O8/c1-14(2)11-22(37)34-17-7-5-15(6-8-17)18-9-10-21(36)24-19(18)12-16-13-20-26(35(3)4)28(39)25(31(33)42)30(41)32(20,43)29(40)23(16)27(24)38/h5-10,14,16,20,23,25-26,36,43H,11-13H2,1-4H3,(H2,33,42)(H,34,37). The molecule has 11 nitrogen and oxygen atoms in total. The molecule has 0 saturated heterocycles. The topological polar surface area (TPSA) is 184 Å². The Bertz CT molecular complexity index is 1560. The first-order chi connectivity index (χ1) is 20.2. The Morgan fingerprint density at radius 1 is 1.05 bits per heavy atom. The van der Waals surface area contributed by atoms with E-state index in [2.05, 4.69) is 5.32 Å². The van der Waals surface area contributed by atoms with Crippen LogP contribution in [0.5, 0.6) is 5.75 Å². The number of rotatable bonds is 6. The number of amides is 2. The molecule has 6 atom stereocenters. The van der Waals surface area contributed by atoms with Gasteiger partial charge in [0.2, 0.25) is 11.8 Å². The molecular weight excluding hydrogens is 554 g/mol. The molecular formula is C32H35N3O8. The van der Waals surface area contributed by atoms with Crippen molar-refractivity contribution in [3.05, 3.63) is 47.5 Å². The van der Waals surface area contributed by atoms with Gasteiger partial charge in [-0.05, 0) is 73.7 Å². The van der Waals surface area contributed by atoms with Crippen LogP contribution < -0.4 is 11.1 Å². The van der Waals surface area contributed by atoms with Gasteiger partial charge in [-0.1, -0.05) is 32.0 Å². The van der Waals surface area contributed by atoms with Crippen LogP contribution in [0.1, 0.15) is 42.6 Å². The number of Topliss-reactive ketones (excluding diaryl/α,β-unsaturated/α-hetero) is 4. The Morgan fingerprint density at radius 3 is 2.28 bits per heavy atom. The Balaban J connectivity index is 1.54. The van der Waals surface area contributed by atoms with Crippen LogP contribution in [0.2, 0.25) is 0 Å². The zero-order chi connectivity index (χ0) is 31.5. The van der Waals surface area contributed by atoms with Gasteiger partial charge in [-0.15, -0.1) is 0 Å². The molecule has 0 spiro atoms. The average Bonchev–Trinajstić information content (AvgIpc) is 2.90. The van der Waals surface area contributed by atoms with E-state index >= 15 is 0 Å². The number of nitrogens with one attached hydrogen (secondary N) is 1. The summed E-state index contributed by atoms with van der Waals surface area (Å²) in [4.78, 5) is 80.3. The lowest BCUT2D eigenvalue weighted by Gasteiger charge is -2.52. The van der Waals surface area contributed by atoms with Gasteiger partial charge in [-0.25, -0.2) is 0 Å².